The molecule has 0 saturated carbocycles. The normalized spacial score (nSPS) is 16.8. The molecule has 1 aromatic heterocycles. The lowest BCUT2D eigenvalue weighted by Crippen LogP contribution is -2.04. The number of aryl methyl sites for hydroxylation is 1. The Bertz CT molecular complexity index is 971. The molecule has 1 N–H and O–H groups in total. The first-order valence-electron chi connectivity index (χ1n) is 10.0. The molecular weight excluding hydrogens is 356 g/mol. The number of furan rings is 1. The van der Waals surface area contributed by atoms with Gasteiger partial charge in [0.05, 0.1) is 10.5 Å². The minimum atomic E-state index is -0.442. The average molecular weight is 380 g/mol. The number of nitro benzene ring substituents is 1. The van der Waals surface area contributed by atoms with Crippen molar-refractivity contribution in [1.82, 2.24) is 0 Å². The van der Waals surface area contributed by atoms with Gasteiger partial charge in [0.2, 0.25) is 0 Å². The van der Waals surface area contributed by atoms with Crippen molar-refractivity contribution in [2.24, 2.45) is 0 Å². The minimum absolute atomic E-state index is 0.0249. The summed E-state index contributed by atoms with van der Waals surface area (Å²) in [4.78, 5) is 23.2. The Morgan fingerprint density at radius 1 is 1.25 bits per heavy atom. The maximum Gasteiger partial charge on any atom is 0.270 e. The Labute approximate surface area is 163 Å². The van der Waals surface area contributed by atoms with E-state index >= 15 is 0 Å². The third-order valence-electron chi connectivity index (χ3n) is 5.61. The Hall–Kier alpha value is -2.89. The lowest BCUT2D eigenvalue weighted by atomic mass is 9.92. The number of benzene rings is 1. The molecule has 0 radical (unpaired) electrons. The van der Waals surface area contributed by atoms with Gasteiger partial charge in [-0.2, -0.15) is 0 Å². The van der Waals surface area contributed by atoms with Gasteiger partial charge in [0, 0.05) is 35.4 Å². The highest BCUT2D eigenvalue weighted by molar-refractivity contribution is 6.35. The summed E-state index contributed by atoms with van der Waals surface area (Å²) in [6.07, 6.45) is 10.4. The summed E-state index contributed by atoms with van der Waals surface area (Å²) in [5, 5.41) is 13.9. The fraction of sp³-hybridized carbons (Fsp3) is 0.409. The molecule has 0 atom stereocenters. The zero-order valence-electron chi connectivity index (χ0n) is 16.0. The Morgan fingerprint density at radius 2 is 2.07 bits per heavy atom. The average Bonchev–Trinajstić information content (AvgIpc) is 3.19. The number of carbonyl (C=O) groups is 1. The van der Waals surface area contributed by atoms with Crippen molar-refractivity contribution in [2.75, 3.05) is 5.32 Å². The fourth-order valence-electron chi connectivity index (χ4n) is 4.16. The van der Waals surface area contributed by atoms with Crippen molar-refractivity contribution in [3.8, 4) is 0 Å². The highest BCUT2D eigenvalue weighted by Crippen LogP contribution is 2.38. The summed E-state index contributed by atoms with van der Waals surface area (Å²) in [7, 11) is 0. The number of nitrogens with zero attached hydrogens (tertiary/aromatic N) is 1. The largest absolute Gasteiger partial charge is 0.461 e. The molecule has 6 heteroatoms. The van der Waals surface area contributed by atoms with Crippen LogP contribution >= 0.6 is 0 Å². The lowest BCUT2D eigenvalue weighted by molar-refractivity contribution is -0.384. The molecule has 28 heavy (non-hydrogen) atoms. The number of anilines is 1. The molecule has 2 aliphatic rings. The molecule has 4 rings (SSSR count). The third kappa shape index (κ3) is 3.35. The minimum Gasteiger partial charge on any atom is -0.461 e. The molecule has 2 aromatic rings. The van der Waals surface area contributed by atoms with Crippen LogP contribution in [-0.4, -0.2) is 10.8 Å². The molecule has 146 valence electrons. The van der Waals surface area contributed by atoms with Crippen LogP contribution in [0.5, 0.6) is 0 Å². The van der Waals surface area contributed by atoms with Crippen molar-refractivity contribution in [2.45, 2.75) is 58.3 Å². The maximum absolute atomic E-state index is 12.5. The second kappa shape index (κ2) is 7.62. The van der Waals surface area contributed by atoms with Crippen LogP contribution in [0.25, 0.3) is 11.6 Å². The Kier molecular flexibility index (Phi) is 5.03. The van der Waals surface area contributed by atoms with Crippen molar-refractivity contribution >= 4 is 28.9 Å². The van der Waals surface area contributed by atoms with Crippen molar-refractivity contribution in [1.29, 1.82) is 0 Å². The van der Waals surface area contributed by atoms with Crippen molar-refractivity contribution < 1.29 is 14.1 Å². The van der Waals surface area contributed by atoms with Gasteiger partial charge in [0.15, 0.2) is 0 Å². The van der Waals surface area contributed by atoms with Gasteiger partial charge in [-0.3, -0.25) is 14.9 Å². The maximum atomic E-state index is 12.5. The lowest BCUT2D eigenvalue weighted by Gasteiger charge is -2.10. The number of carbonyl (C=O) groups excluding carboxylic acids is 1. The van der Waals surface area contributed by atoms with Gasteiger partial charge in [-0.25, -0.2) is 0 Å². The van der Waals surface area contributed by atoms with Crippen LogP contribution in [0.1, 0.15) is 67.2 Å². The summed E-state index contributed by atoms with van der Waals surface area (Å²) in [6, 6.07) is 4.45. The summed E-state index contributed by atoms with van der Waals surface area (Å²) in [5.74, 6) is 1.54. The predicted octanol–water partition coefficient (Wildman–Crippen LogP) is 5.29. The van der Waals surface area contributed by atoms with Crippen LogP contribution in [0, 0.1) is 10.1 Å². The van der Waals surface area contributed by atoms with Gasteiger partial charge in [0.1, 0.15) is 11.5 Å². The molecule has 0 bridgehead atoms. The monoisotopic (exact) mass is 380 g/mol. The number of non-ortho nitro benzene ring substituents is 1. The number of nitrogens with one attached hydrogen (secondary N) is 1. The van der Waals surface area contributed by atoms with Gasteiger partial charge in [-0.05, 0) is 49.8 Å². The first-order chi connectivity index (χ1) is 13.6. The molecular formula is C22H24N2O4. The van der Waals surface area contributed by atoms with Gasteiger partial charge >= 0.3 is 0 Å². The van der Waals surface area contributed by atoms with E-state index in [4.69, 9.17) is 4.42 Å². The van der Waals surface area contributed by atoms with Gasteiger partial charge < -0.3 is 9.73 Å². The van der Waals surface area contributed by atoms with E-state index in [1.165, 1.54) is 29.7 Å². The molecule has 2 heterocycles. The van der Waals surface area contributed by atoms with E-state index in [9.17, 15) is 14.9 Å². The number of hydrogen-bond donors (Lipinski definition) is 1. The molecule has 0 spiro atoms. The molecule has 0 saturated heterocycles. The second-order valence-corrected chi connectivity index (χ2v) is 7.51. The predicted molar refractivity (Wildman–Crippen MR) is 108 cm³/mol. The van der Waals surface area contributed by atoms with Crippen LogP contribution in [0.3, 0.4) is 0 Å². The van der Waals surface area contributed by atoms with E-state index in [0.29, 0.717) is 16.8 Å². The van der Waals surface area contributed by atoms with E-state index in [-0.39, 0.29) is 11.6 Å². The van der Waals surface area contributed by atoms with Crippen LogP contribution in [0.2, 0.25) is 0 Å². The van der Waals surface area contributed by atoms with E-state index in [0.717, 1.165) is 56.5 Å². The van der Waals surface area contributed by atoms with E-state index < -0.39 is 4.92 Å². The summed E-state index contributed by atoms with van der Waals surface area (Å²) in [6.45, 7) is 2.18. The molecule has 1 aliphatic heterocycles. The zero-order valence-corrected chi connectivity index (χ0v) is 16.0. The van der Waals surface area contributed by atoms with E-state index in [1.807, 2.05) is 0 Å². The topological polar surface area (TPSA) is 85.4 Å². The highest BCUT2D eigenvalue weighted by atomic mass is 16.6. The SMILES string of the molecule is CCCCCc1c(C=C2C(=O)Nc3ccc([N+](=O)[O-])cc32)oc2c1CCCC2. The smallest absolute Gasteiger partial charge is 0.270 e. The number of rotatable bonds is 6. The molecule has 1 amide bonds. The standard InChI is InChI=1S/C22H24N2O4/c1-2-3-4-7-16-15-8-5-6-9-20(15)28-21(16)13-18-17-12-14(24(26)27)10-11-19(17)23-22(18)25/h10-13H,2-9H2,1H3,(H,23,25). The quantitative estimate of drug-likeness (QED) is 0.319. The number of nitro groups is 1. The molecule has 1 aliphatic carbocycles. The number of hydrogen-bond acceptors (Lipinski definition) is 4. The number of unbranched alkanes of at least 4 members (excludes halogenated alkanes) is 2. The fourth-order valence-corrected chi connectivity index (χ4v) is 4.16. The van der Waals surface area contributed by atoms with Crippen LogP contribution in [0.15, 0.2) is 22.6 Å². The van der Waals surface area contributed by atoms with Crippen LogP contribution in [0.4, 0.5) is 11.4 Å². The molecule has 0 fully saturated rings. The van der Waals surface area contributed by atoms with E-state index in [1.54, 1.807) is 12.1 Å². The third-order valence-corrected chi connectivity index (χ3v) is 5.61. The Morgan fingerprint density at radius 3 is 2.86 bits per heavy atom. The molecule has 6 nitrogen and oxygen atoms in total. The van der Waals surface area contributed by atoms with Gasteiger partial charge in [-0.15, -0.1) is 0 Å². The first kappa shape index (κ1) is 18.5. The van der Waals surface area contributed by atoms with Gasteiger partial charge in [0.25, 0.3) is 11.6 Å². The molecule has 1 aromatic carbocycles. The first-order valence-corrected chi connectivity index (χ1v) is 10.0. The molecule has 0 unspecified atom stereocenters. The zero-order chi connectivity index (χ0) is 19.7. The van der Waals surface area contributed by atoms with Crippen LogP contribution in [-0.2, 0) is 24.1 Å². The van der Waals surface area contributed by atoms with Crippen molar-refractivity contribution in [3.05, 3.63) is 56.5 Å². The summed E-state index contributed by atoms with van der Waals surface area (Å²) < 4.78 is 6.18. The second-order valence-electron chi connectivity index (χ2n) is 7.51. The summed E-state index contributed by atoms with van der Waals surface area (Å²) in [5.41, 5.74) is 4.09. The van der Waals surface area contributed by atoms with E-state index in [2.05, 4.69) is 12.2 Å². The Balaban J connectivity index is 1.77. The highest BCUT2D eigenvalue weighted by Gasteiger charge is 2.28. The number of fused-ring (bicyclic) bond motifs is 2. The van der Waals surface area contributed by atoms with Crippen LogP contribution < -0.4 is 5.32 Å². The van der Waals surface area contributed by atoms with Crippen molar-refractivity contribution in [3.63, 3.8) is 0 Å². The summed E-state index contributed by atoms with van der Waals surface area (Å²) >= 11 is 0. The number of amides is 1. The van der Waals surface area contributed by atoms with Gasteiger partial charge in [-0.1, -0.05) is 19.8 Å².